The first-order valence-corrected chi connectivity index (χ1v) is 8.41. The van der Waals surface area contributed by atoms with E-state index in [1.165, 1.54) is 30.5 Å². The highest BCUT2D eigenvalue weighted by Gasteiger charge is 2.33. The van der Waals surface area contributed by atoms with Crippen LogP contribution in [0.3, 0.4) is 0 Å². The highest BCUT2D eigenvalue weighted by atomic mass is 19.4. The monoisotopic (exact) mass is 437 g/mol. The van der Waals surface area contributed by atoms with E-state index >= 15 is 0 Å². The number of alkyl halides is 3. The van der Waals surface area contributed by atoms with Gasteiger partial charge in [-0.25, -0.2) is 13.6 Å². The van der Waals surface area contributed by atoms with Gasteiger partial charge in [0.25, 0.3) is 0 Å². The van der Waals surface area contributed by atoms with Gasteiger partial charge in [0, 0.05) is 6.20 Å². The van der Waals surface area contributed by atoms with E-state index in [1.54, 1.807) is 6.07 Å². The second-order valence-electron chi connectivity index (χ2n) is 6.12. The molecule has 2 aromatic carbocycles. The molecule has 1 aromatic heterocycles. The fraction of sp³-hybridized carbons (Fsp3) is 0.100. The Morgan fingerprint density at radius 3 is 2.32 bits per heavy atom. The lowest BCUT2D eigenvalue weighted by atomic mass is 10.2. The summed E-state index contributed by atoms with van der Waals surface area (Å²) in [7, 11) is 1.08. The third kappa shape index (κ3) is 4.00. The average Bonchev–Trinajstić information content (AvgIpc) is 3.05. The molecule has 0 saturated heterocycles. The number of hydrogen-bond donors (Lipinski definition) is 1. The van der Waals surface area contributed by atoms with Crippen LogP contribution >= 0.6 is 0 Å². The SMILES string of the molecule is COC(=O)c1c(N)c(C#N)cn1-c1ccccc1Oc1c(F)cc(C(F)(F)F)cc1F. The maximum atomic E-state index is 14.2. The summed E-state index contributed by atoms with van der Waals surface area (Å²) < 4.78 is 77.8. The zero-order valence-electron chi connectivity index (χ0n) is 15.6. The number of carbonyl (C=O) groups excluding carboxylic acids is 1. The highest BCUT2D eigenvalue weighted by molar-refractivity contribution is 5.96. The van der Waals surface area contributed by atoms with Crippen LogP contribution < -0.4 is 10.5 Å². The second-order valence-corrected chi connectivity index (χ2v) is 6.12. The van der Waals surface area contributed by atoms with Gasteiger partial charge in [-0.15, -0.1) is 0 Å². The van der Waals surface area contributed by atoms with Crippen LogP contribution in [0.4, 0.5) is 27.6 Å². The van der Waals surface area contributed by atoms with Gasteiger partial charge in [0.15, 0.2) is 28.8 Å². The van der Waals surface area contributed by atoms with Crippen LogP contribution in [-0.4, -0.2) is 17.6 Å². The van der Waals surface area contributed by atoms with Crippen molar-refractivity contribution >= 4 is 11.7 Å². The third-order valence-corrected chi connectivity index (χ3v) is 4.21. The molecule has 0 atom stereocenters. The fourth-order valence-electron chi connectivity index (χ4n) is 2.78. The number of ether oxygens (including phenoxy) is 2. The van der Waals surface area contributed by atoms with Crippen molar-refractivity contribution in [1.82, 2.24) is 4.57 Å². The first-order chi connectivity index (χ1) is 14.6. The second kappa shape index (κ2) is 7.98. The van der Waals surface area contributed by atoms with Gasteiger partial charge >= 0.3 is 12.1 Å². The summed E-state index contributed by atoms with van der Waals surface area (Å²) in [5.41, 5.74) is 3.80. The minimum atomic E-state index is -4.95. The smallest absolute Gasteiger partial charge is 0.416 e. The maximum absolute atomic E-state index is 14.2. The number of nitrogens with two attached hydrogens (primary N) is 1. The predicted molar refractivity (Wildman–Crippen MR) is 97.7 cm³/mol. The molecule has 31 heavy (non-hydrogen) atoms. The number of nitrogen functional groups attached to an aromatic ring is 1. The zero-order valence-corrected chi connectivity index (χ0v) is 15.6. The molecule has 0 unspecified atom stereocenters. The number of halogens is 5. The van der Waals surface area contributed by atoms with E-state index in [9.17, 15) is 32.0 Å². The largest absolute Gasteiger partial charge is 0.464 e. The molecule has 3 rings (SSSR count). The number of esters is 1. The Labute approximate surface area is 171 Å². The molecule has 0 aliphatic heterocycles. The molecular weight excluding hydrogens is 425 g/mol. The number of hydrogen-bond acceptors (Lipinski definition) is 5. The van der Waals surface area contributed by atoms with Gasteiger partial charge in [0.05, 0.1) is 29.6 Å². The number of para-hydroxylation sites is 2. The highest BCUT2D eigenvalue weighted by Crippen LogP contribution is 2.37. The minimum absolute atomic E-state index is 0.0230. The van der Waals surface area contributed by atoms with Gasteiger partial charge in [-0.3, -0.25) is 0 Å². The van der Waals surface area contributed by atoms with Crippen LogP contribution in [0.2, 0.25) is 0 Å². The molecule has 0 aliphatic carbocycles. The lowest BCUT2D eigenvalue weighted by Gasteiger charge is -2.16. The van der Waals surface area contributed by atoms with Crippen LogP contribution in [0.15, 0.2) is 42.6 Å². The number of nitrogens with zero attached hydrogens (tertiary/aromatic N) is 2. The van der Waals surface area contributed by atoms with Gasteiger partial charge in [-0.1, -0.05) is 12.1 Å². The van der Waals surface area contributed by atoms with Gasteiger partial charge in [0.1, 0.15) is 6.07 Å². The average molecular weight is 437 g/mol. The Balaban J connectivity index is 2.14. The molecular formula is C20H12F5N3O3. The first-order valence-electron chi connectivity index (χ1n) is 8.41. The number of methoxy groups -OCH3 is 1. The predicted octanol–water partition coefficient (Wildman–Crippen LogP) is 4.81. The van der Waals surface area contributed by atoms with Gasteiger partial charge < -0.3 is 19.8 Å². The molecule has 0 amide bonds. The van der Waals surface area contributed by atoms with Crippen molar-refractivity contribution in [3.05, 3.63) is 71.1 Å². The molecule has 0 bridgehead atoms. The fourth-order valence-corrected chi connectivity index (χ4v) is 2.78. The Morgan fingerprint density at radius 1 is 1.16 bits per heavy atom. The summed E-state index contributed by atoms with van der Waals surface area (Å²) >= 11 is 0. The molecule has 0 aliphatic rings. The molecule has 1 heterocycles. The van der Waals surface area contributed by atoms with Crippen LogP contribution in [0.25, 0.3) is 5.69 Å². The molecule has 160 valence electrons. The minimum Gasteiger partial charge on any atom is -0.464 e. The number of nitriles is 1. The van der Waals surface area contributed by atoms with E-state index in [-0.39, 0.29) is 40.5 Å². The Kier molecular flexibility index (Phi) is 5.57. The standard InChI is InChI=1S/C20H12F5N3O3/c1-30-19(29)17-16(27)10(8-26)9-28(17)14-4-2-3-5-15(14)31-18-12(21)6-11(7-13(18)22)20(23,24)25/h2-7,9H,27H2,1H3. The van der Waals surface area contributed by atoms with E-state index < -0.39 is 35.1 Å². The quantitative estimate of drug-likeness (QED) is 0.468. The van der Waals surface area contributed by atoms with Crippen LogP contribution in [0.5, 0.6) is 11.5 Å². The Bertz CT molecular complexity index is 1190. The molecule has 2 N–H and O–H groups in total. The van der Waals surface area contributed by atoms with Crippen molar-refractivity contribution in [3.63, 3.8) is 0 Å². The topological polar surface area (TPSA) is 90.3 Å². The van der Waals surface area contributed by atoms with Crippen LogP contribution in [-0.2, 0) is 10.9 Å². The van der Waals surface area contributed by atoms with E-state index in [2.05, 4.69) is 4.74 Å². The van der Waals surface area contributed by atoms with E-state index in [4.69, 9.17) is 10.5 Å². The van der Waals surface area contributed by atoms with Crippen molar-refractivity contribution < 1.29 is 36.2 Å². The zero-order chi connectivity index (χ0) is 22.9. The lowest BCUT2D eigenvalue weighted by molar-refractivity contribution is -0.138. The summed E-state index contributed by atoms with van der Waals surface area (Å²) in [5.74, 6) is -5.38. The van der Waals surface area contributed by atoms with Crippen LogP contribution in [0.1, 0.15) is 21.6 Å². The van der Waals surface area contributed by atoms with Crippen molar-refractivity contribution in [2.24, 2.45) is 0 Å². The number of benzene rings is 2. The lowest BCUT2D eigenvalue weighted by Crippen LogP contribution is -2.12. The maximum Gasteiger partial charge on any atom is 0.416 e. The van der Waals surface area contributed by atoms with Crippen molar-refractivity contribution in [2.75, 3.05) is 12.8 Å². The summed E-state index contributed by atoms with van der Waals surface area (Å²) in [6, 6.07) is 7.54. The molecule has 6 nitrogen and oxygen atoms in total. The number of carbonyl (C=O) groups is 1. The molecule has 3 aromatic rings. The van der Waals surface area contributed by atoms with E-state index in [0.717, 1.165) is 11.7 Å². The van der Waals surface area contributed by atoms with Gasteiger partial charge in [-0.2, -0.15) is 18.4 Å². The number of rotatable bonds is 4. The summed E-state index contributed by atoms with van der Waals surface area (Å²) in [6.45, 7) is 0. The third-order valence-electron chi connectivity index (χ3n) is 4.21. The number of aromatic nitrogens is 1. The van der Waals surface area contributed by atoms with Crippen LogP contribution in [0, 0.1) is 23.0 Å². The summed E-state index contributed by atoms with van der Waals surface area (Å²) in [5, 5.41) is 9.21. The Morgan fingerprint density at radius 2 is 1.77 bits per heavy atom. The normalized spacial score (nSPS) is 11.1. The summed E-state index contributed by atoms with van der Waals surface area (Å²) in [4.78, 5) is 12.2. The molecule has 0 saturated carbocycles. The number of anilines is 1. The molecule has 0 spiro atoms. The summed E-state index contributed by atoms with van der Waals surface area (Å²) in [6.07, 6.45) is -3.77. The van der Waals surface area contributed by atoms with Crippen molar-refractivity contribution in [1.29, 1.82) is 5.26 Å². The Hall–Kier alpha value is -4.07. The van der Waals surface area contributed by atoms with Gasteiger partial charge in [0.2, 0.25) is 0 Å². The van der Waals surface area contributed by atoms with Crippen molar-refractivity contribution in [3.8, 4) is 23.3 Å². The van der Waals surface area contributed by atoms with Crippen molar-refractivity contribution in [2.45, 2.75) is 6.18 Å². The molecule has 0 radical (unpaired) electrons. The first kappa shape index (κ1) is 21.6. The van der Waals surface area contributed by atoms with E-state index in [0.29, 0.717) is 0 Å². The van der Waals surface area contributed by atoms with E-state index in [1.807, 2.05) is 0 Å². The van der Waals surface area contributed by atoms with Gasteiger partial charge in [-0.05, 0) is 24.3 Å². The molecule has 0 fully saturated rings. The molecule has 11 heteroatoms.